The van der Waals surface area contributed by atoms with E-state index in [1.54, 1.807) is 6.20 Å². The van der Waals surface area contributed by atoms with Crippen LogP contribution < -0.4 is 0 Å². The Kier molecular flexibility index (Phi) is 3.96. The van der Waals surface area contributed by atoms with Gasteiger partial charge in [0.2, 0.25) is 0 Å². The molecule has 1 heterocycles. The fraction of sp³-hybridized carbons (Fsp3) is 0.840. The number of nitrogens with zero attached hydrogens (tertiary/aromatic N) is 1. The molecule has 0 bridgehead atoms. The lowest BCUT2D eigenvalue weighted by Crippen LogP contribution is -2.50. The van der Waals surface area contributed by atoms with Gasteiger partial charge in [-0.05, 0) is 98.2 Å². The average Bonchev–Trinajstić information content (AvgIpc) is 3.08. The lowest BCUT2D eigenvalue weighted by atomic mass is 9.49. The SMILES string of the molecule is CC1C2C3CCC4C(CCC5(C)C(C(=O)Cc6ncc[nH]6)CCC45)C3CCC12O. The minimum Gasteiger partial charge on any atom is -0.389 e. The van der Waals surface area contributed by atoms with Crippen LogP contribution in [0.3, 0.4) is 0 Å². The molecule has 1 aromatic rings. The van der Waals surface area contributed by atoms with Crippen LogP contribution in [0.4, 0.5) is 0 Å². The van der Waals surface area contributed by atoms with Crippen molar-refractivity contribution in [3.63, 3.8) is 0 Å². The zero-order chi connectivity index (χ0) is 20.0. The topological polar surface area (TPSA) is 66.0 Å². The van der Waals surface area contributed by atoms with E-state index in [2.05, 4.69) is 23.8 Å². The second-order valence-electron chi connectivity index (χ2n) is 11.5. The van der Waals surface area contributed by atoms with Gasteiger partial charge >= 0.3 is 0 Å². The van der Waals surface area contributed by atoms with E-state index in [1.807, 2.05) is 6.20 Å². The van der Waals surface area contributed by atoms with Gasteiger partial charge in [0.05, 0.1) is 12.0 Å². The predicted octanol–water partition coefficient (Wildman–Crippen LogP) is 4.40. The fourth-order valence-electron chi connectivity index (χ4n) is 9.45. The quantitative estimate of drug-likeness (QED) is 0.796. The molecule has 158 valence electrons. The van der Waals surface area contributed by atoms with Crippen LogP contribution in [0.2, 0.25) is 0 Å². The van der Waals surface area contributed by atoms with Crippen molar-refractivity contribution < 1.29 is 9.90 Å². The zero-order valence-corrected chi connectivity index (χ0v) is 17.9. The number of aliphatic hydroxyl groups is 1. The molecular weight excluding hydrogens is 360 g/mol. The lowest BCUT2D eigenvalue weighted by Gasteiger charge is -2.56. The van der Waals surface area contributed by atoms with Crippen molar-refractivity contribution >= 4 is 5.78 Å². The summed E-state index contributed by atoms with van der Waals surface area (Å²) >= 11 is 0. The van der Waals surface area contributed by atoms with Gasteiger partial charge in [-0.25, -0.2) is 4.98 Å². The maximum atomic E-state index is 13.2. The highest BCUT2D eigenvalue weighted by molar-refractivity contribution is 5.83. The van der Waals surface area contributed by atoms with Crippen LogP contribution in [-0.2, 0) is 11.2 Å². The highest BCUT2D eigenvalue weighted by Crippen LogP contribution is 2.70. The Labute approximate surface area is 174 Å². The molecule has 29 heavy (non-hydrogen) atoms. The molecule has 0 amide bonds. The van der Waals surface area contributed by atoms with Gasteiger partial charge in [0.1, 0.15) is 11.6 Å². The zero-order valence-electron chi connectivity index (χ0n) is 17.9. The molecule has 6 rings (SSSR count). The van der Waals surface area contributed by atoms with Crippen molar-refractivity contribution in [2.24, 2.45) is 52.8 Å². The monoisotopic (exact) mass is 396 g/mol. The number of hydrogen-bond donors (Lipinski definition) is 2. The van der Waals surface area contributed by atoms with Crippen molar-refractivity contribution in [2.75, 3.05) is 0 Å². The summed E-state index contributed by atoms with van der Waals surface area (Å²) in [4.78, 5) is 20.6. The molecule has 0 aliphatic heterocycles. The number of aromatic nitrogens is 2. The second-order valence-corrected chi connectivity index (χ2v) is 11.5. The van der Waals surface area contributed by atoms with E-state index in [4.69, 9.17) is 0 Å². The molecule has 4 nitrogen and oxygen atoms in total. The number of nitrogens with one attached hydrogen (secondary N) is 1. The Bertz CT molecular complexity index is 806. The molecule has 5 aliphatic carbocycles. The van der Waals surface area contributed by atoms with Crippen molar-refractivity contribution in [1.29, 1.82) is 0 Å². The van der Waals surface area contributed by atoms with E-state index >= 15 is 0 Å². The Balaban J connectivity index is 1.21. The molecule has 10 unspecified atom stereocenters. The van der Waals surface area contributed by atoms with E-state index in [1.165, 1.54) is 38.5 Å². The number of carbonyl (C=O) groups excluding carboxylic acids is 1. The predicted molar refractivity (Wildman–Crippen MR) is 111 cm³/mol. The third kappa shape index (κ3) is 2.47. The summed E-state index contributed by atoms with van der Waals surface area (Å²) in [7, 11) is 0. The Morgan fingerprint density at radius 1 is 1.10 bits per heavy atom. The van der Waals surface area contributed by atoms with Crippen molar-refractivity contribution in [3.8, 4) is 0 Å². The molecule has 10 atom stereocenters. The van der Waals surface area contributed by atoms with E-state index in [-0.39, 0.29) is 16.9 Å². The first kappa shape index (κ1) is 18.6. The van der Waals surface area contributed by atoms with E-state index < -0.39 is 0 Å². The first-order valence-corrected chi connectivity index (χ1v) is 12.2. The van der Waals surface area contributed by atoms with Crippen LogP contribution in [0.5, 0.6) is 0 Å². The number of rotatable bonds is 3. The number of imidazole rings is 1. The molecule has 0 aromatic carbocycles. The highest BCUT2D eigenvalue weighted by Gasteiger charge is 2.69. The molecule has 5 saturated carbocycles. The maximum Gasteiger partial charge on any atom is 0.144 e. The number of aromatic amines is 1. The number of fused-ring (bicyclic) bond motifs is 7. The van der Waals surface area contributed by atoms with Gasteiger partial charge in [-0.1, -0.05) is 13.8 Å². The minimum absolute atomic E-state index is 0.194. The number of H-pyrrole nitrogens is 1. The van der Waals surface area contributed by atoms with Gasteiger partial charge in [0.15, 0.2) is 0 Å². The standard InChI is InChI=1S/C25H36N2O2/c1-14-23-18-4-3-17-15(16(18)8-10-25(14,23)29)7-9-24(2)19(17)5-6-20(24)21(28)13-22-26-11-12-27-22/h11-12,14-20,23,29H,3-10,13H2,1-2H3,(H,26,27). The summed E-state index contributed by atoms with van der Waals surface area (Å²) in [5.41, 5.74) is -0.117. The number of Topliss-reactive ketones (excluding diaryl/α,β-unsaturated/α-hetero) is 1. The summed E-state index contributed by atoms with van der Waals surface area (Å²) in [6.45, 7) is 4.73. The Morgan fingerprint density at radius 2 is 1.86 bits per heavy atom. The van der Waals surface area contributed by atoms with Gasteiger partial charge in [-0.15, -0.1) is 0 Å². The first-order chi connectivity index (χ1) is 13.9. The summed E-state index contributed by atoms with van der Waals surface area (Å²) in [5.74, 6) is 6.57. The van der Waals surface area contributed by atoms with Crippen LogP contribution in [0.15, 0.2) is 12.4 Å². The molecule has 1 aromatic heterocycles. The minimum atomic E-state index is -0.312. The summed E-state index contributed by atoms with van der Waals surface area (Å²) in [6, 6.07) is 0. The first-order valence-electron chi connectivity index (χ1n) is 12.2. The fourth-order valence-corrected chi connectivity index (χ4v) is 9.45. The molecule has 5 fully saturated rings. The van der Waals surface area contributed by atoms with Gasteiger partial charge in [-0.2, -0.15) is 0 Å². The number of hydrogen-bond acceptors (Lipinski definition) is 3. The summed E-state index contributed by atoms with van der Waals surface area (Å²) in [5, 5.41) is 10.9. The largest absolute Gasteiger partial charge is 0.389 e. The van der Waals surface area contributed by atoms with Crippen LogP contribution in [0, 0.1) is 52.8 Å². The van der Waals surface area contributed by atoms with E-state index in [0.717, 1.165) is 48.3 Å². The van der Waals surface area contributed by atoms with Crippen molar-refractivity contribution in [2.45, 2.75) is 77.2 Å². The highest BCUT2D eigenvalue weighted by atomic mass is 16.3. The molecule has 2 N–H and O–H groups in total. The summed E-state index contributed by atoms with van der Waals surface area (Å²) in [6.07, 6.45) is 13.8. The Morgan fingerprint density at radius 3 is 2.66 bits per heavy atom. The normalized spacial score (nSPS) is 52.8. The van der Waals surface area contributed by atoms with Crippen LogP contribution in [-0.4, -0.2) is 26.5 Å². The van der Waals surface area contributed by atoms with Crippen LogP contribution in [0.1, 0.15) is 71.0 Å². The number of carbonyl (C=O) groups is 1. The number of ketones is 1. The third-order valence-corrected chi connectivity index (χ3v) is 10.8. The van der Waals surface area contributed by atoms with Crippen LogP contribution in [0.25, 0.3) is 0 Å². The summed E-state index contributed by atoms with van der Waals surface area (Å²) < 4.78 is 0. The molecule has 0 radical (unpaired) electrons. The smallest absolute Gasteiger partial charge is 0.144 e. The molecule has 0 saturated heterocycles. The van der Waals surface area contributed by atoms with E-state index in [0.29, 0.717) is 24.0 Å². The molecular formula is C25H36N2O2. The third-order valence-electron chi connectivity index (χ3n) is 10.8. The van der Waals surface area contributed by atoms with Gasteiger partial charge in [0, 0.05) is 18.3 Å². The second kappa shape index (κ2) is 6.18. The van der Waals surface area contributed by atoms with E-state index in [9.17, 15) is 9.90 Å². The molecule has 4 heteroatoms. The maximum absolute atomic E-state index is 13.2. The molecule has 0 spiro atoms. The van der Waals surface area contributed by atoms with Crippen molar-refractivity contribution in [1.82, 2.24) is 9.97 Å². The average molecular weight is 397 g/mol. The Hall–Kier alpha value is -1.16. The van der Waals surface area contributed by atoms with Gasteiger partial charge < -0.3 is 10.1 Å². The van der Waals surface area contributed by atoms with Crippen LogP contribution >= 0.6 is 0 Å². The van der Waals surface area contributed by atoms with Gasteiger partial charge in [0.25, 0.3) is 0 Å². The lowest BCUT2D eigenvalue weighted by molar-refractivity contribution is -0.130. The van der Waals surface area contributed by atoms with Gasteiger partial charge in [-0.3, -0.25) is 4.79 Å². The van der Waals surface area contributed by atoms with Crippen molar-refractivity contribution in [3.05, 3.63) is 18.2 Å². The molecule has 5 aliphatic rings.